The fourth-order valence-electron chi connectivity index (χ4n) is 3.50. The third kappa shape index (κ3) is 4.01. The minimum absolute atomic E-state index is 0.0607. The van der Waals surface area contributed by atoms with E-state index >= 15 is 0 Å². The molecule has 2 amide bonds. The van der Waals surface area contributed by atoms with E-state index in [4.69, 9.17) is 11.6 Å². The SMILES string of the molecule is O=C(NCc1cc(F)cc(Cl)c1)C1(O)CCN(c2cccc(C3NNNN3)c2)C1=O. The molecule has 0 aliphatic carbocycles. The summed E-state index contributed by atoms with van der Waals surface area (Å²) >= 11 is 5.81. The summed E-state index contributed by atoms with van der Waals surface area (Å²) in [6.45, 7) is 0.112. The molecule has 1 atom stereocenters. The maximum absolute atomic E-state index is 13.5. The van der Waals surface area contributed by atoms with Crippen LogP contribution in [0.1, 0.15) is 23.7 Å². The molecule has 0 aromatic heterocycles. The van der Waals surface area contributed by atoms with E-state index in [1.807, 2.05) is 6.07 Å². The summed E-state index contributed by atoms with van der Waals surface area (Å²) in [5.41, 5.74) is 11.0. The second-order valence-electron chi connectivity index (χ2n) is 7.09. The van der Waals surface area contributed by atoms with Gasteiger partial charge in [0.15, 0.2) is 0 Å². The van der Waals surface area contributed by atoms with E-state index in [9.17, 15) is 19.1 Å². The van der Waals surface area contributed by atoms with Gasteiger partial charge in [0.2, 0.25) is 5.60 Å². The molecule has 9 nitrogen and oxygen atoms in total. The van der Waals surface area contributed by atoms with Gasteiger partial charge < -0.3 is 15.3 Å². The van der Waals surface area contributed by atoms with Crippen molar-refractivity contribution >= 4 is 29.1 Å². The second kappa shape index (κ2) is 8.26. The lowest BCUT2D eigenvalue weighted by Gasteiger charge is -2.22. The Kier molecular flexibility index (Phi) is 5.69. The van der Waals surface area contributed by atoms with Crippen molar-refractivity contribution in [3.8, 4) is 0 Å². The van der Waals surface area contributed by atoms with Gasteiger partial charge in [0.1, 0.15) is 12.0 Å². The molecule has 6 N–H and O–H groups in total. The highest BCUT2D eigenvalue weighted by Crippen LogP contribution is 2.30. The van der Waals surface area contributed by atoms with Crippen molar-refractivity contribution in [3.05, 3.63) is 64.4 Å². The number of rotatable bonds is 5. The van der Waals surface area contributed by atoms with Crippen LogP contribution in [0.5, 0.6) is 0 Å². The number of nitrogens with zero attached hydrogens (tertiary/aromatic N) is 1. The maximum Gasteiger partial charge on any atom is 0.268 e. The van der Waals surface area contributed by atoms with E-state index in [0.29, 0.717) is 11.3 Å². The molecule has 2 aromatic rings. The van der Waals surface area contributed by atoms with E-state index in [0.717, 1.165) is 11.6 Å². The van der Waals surface area contributed by atoms with Crippen LogP contribution in [0.4, 0.5) is 10.1 Å². The third-order valence-corrected chi connectivity index (χ3v) is 5.28. The molecule has 11 heteroatoms. The van der Waals surface area contributed by atoms with Gasteiger partial charge in [0.05, 0.1) is 0 Å². The number of aliphatic hydroxyl groups is 1. The summed E-state index contributed by atoms with van der Waals surface area (Å²) in [6.07, 6.45) is -0.280. The van der Waals surface area contributed by atoms with Crippen LogP contribution in [0, 0.1) is 5.82 Å². The Morgan fingerprint density at radius 3 is 2.77 bits per heavy atom. The molecular formula is C19H20ClFN6O3. The minimum Gasteiger partial charge on any atom is -0.372 e. The predicted molar refractivity (Wildman–Crippen MR) is 107 cm³/mol. The molecule has 0 radical (unpaired) electrons. The Labute approximate surface area is 176 Å². The van der Waals surface area contributed by atoms with Gasteiger partial charge in [0.25, 0.3) is 11.8 Å². The van der Waals surface area contributed by atoms with Gasteiger partial charge >= 0.3 is 0 Å². The van der Waals surface area contributed by atoms with Crippen LogP contribution in [-0.2, 0) is 16.1 Å². The molecule has 2 aliphatic rings. The number of halogens is 2. The highest BCUT2D eigenvalue weighted by Gasteiger charge is 2.51. The van der Waals surface area contributed by atoms with Crippen LogP contribution in [0.2, 0.25) is 5.02 Å². The molecule has 0 bridgehead atoms. The first kappa shape index (κ1) is 20.7. The first-order valence-corrected chi connectivity index (χ1v) is 9.63. The molecule has 2 saturated heterocycles. The Balaban J connectivity index is 1.46. The zero-order valence-corrected chi connectivity index (χ0v) is 16.5. The third-order valence-electron chi connectivity index (χ3n) is 5.06. The van der Waals surface area contributed by atoms with Gasteiger partial charge in [-0.05, 0) is 41.5 Å². The van der Waals surface area contributed by atoms with Crippen LogP contribution >= 0.6 is 11.6 Å². The summed E-state index contributed by atoms with van der Waals surface area (Å²) < 4.78 is 13.5. The Bertz CT molecular complexity index is 966. The number of carbonyl (C=O) groups excluding carboxylic acids is 2. The van der Waals surface area contributed by atoms with Gasteiger partial charge in [-0.2, -0.15) is 11.1 Å². The molecule has 30 heavy (non-hydrogen) atoms. The minimum atomic E-state index is -2.19. The molecule has 0 spiro atoms. The number of hydrazine groups is 3. The van der Waals surface area contributed by atoms with Crippen molar-refractivity contribution in [3.63, 3.8) is 0 Å². The van der Waals surface area contributed by atoms with Gasteiger partial charge in [-0.15, -0.1) is 0 Å². The van der Waals surface area contributed by atoms with E-state index in [1.165, 1.54) is 17.0 Å². The van der Waals surface area contributed by atoms with Crippen LogP contribution in [-0.4, -0.2) is 29.1 Å². The first-order chi connectivity index (χ1) is 14.4. The van der Waals surface area contributed by atoms with Crippen LogP contribution in [0.3, 0.4) is 0 Å². The smallest absolute Gasteiger partial charge is 0.268 e. The summed E-state index contributed by atoms with van der Waals surface area (Å²) in [5, 5.41) is 13.5. The molecule has 2 heterocycles. The van der Waals surface area contributed by atoms with Crippen LogP contribution in [0.15, 0.2) is 42.5 Å². The summed E-state index contributed by atoms with van der Waals surface area (Å²) in [6, 6.07) is 11.0. The lowest BCUT2D eigenvalue weighted by atomic mass is 10.0. The zero-order chi connectivity index (χ0) is 21.3. The summed E-state index contributed by atoms with van der Waals surface area (Å²) in [5.74, 6) is -2.08. The molecule has 2 aliphatic heterocycles. The lowest BCUT2D eigenvalue weighted by Crippen LogP contribution is -2.52. The van der Waals surface area contributed by atoms with Crippen molar-refractivity contribution in [2.75, 3.05) is 11.4 Å². The quantitative estimate of drug-likeness (QED) is 0.377. The van der Waals surface area contributed by atoms with Crippen molar-refractivity contribution in [1.82, 2.24) is 27.2 Å². The number of benzene rings is 2. The van der Waals surface area contributed by atoms with Crippen molar-refractivity contribution < 1.29 is 19.1 Å². The lowest BCUT2D eigenvalue weighted by molar-refractivity contribution is -0.149. The van der Waals surface area contributed by atoms with E-state index in [2.05, 4.69) is 27.2 Å². The Hall–Kier alpha value is -2.60. The Morgan fingerprint density at radius 2 is 2.03 bits per heavy atom. The van der Waals surface area contributed by atoms with Crippen LogP contribution < -0.4 is 32.1 Å². The molecule has 0 saturated carbocycles. The highest BCUT2D eigenvalue weighted by atomic mass is 35.5. The predicted octanol–water partition coefficient (Wildman–Crippen LogP) is 0.379. The summed E-state index contributed by atoms with van der Waals surface area (Å²) in [7, 11) is 0. The van der Waals surface area contributed by atoms with Crippen molar-refractivity contribution in [1.29, 1.82) is 0 Å². The molecule has 1 unspecified atom stereocenters. The monoisotopic (exact) mass is 434 g/mol. The topological polar surface area (TPSA) is 118 Å². The normalized spacial score (nSPS) is 22.0. The van der Waals surface area contributed by atoms with Crippen molar-refractivity contribution in [2.45, 2.75) is 24.7 Å². The highest BCUT2D eigenvalue weighted by molar-refractivity contribution is 6.30. The fraction of sp³-hybridized carbons (Fsp3) is 0.263. The van der Waals surface area contributed by atoms with Gasteiger partial charge in [-0.3, -0.25) is 9.59 Å². The number of amides is 2. The second-order valence-corrected chi connectivity index (χ2v) is 7.53. The number of nitrogens with one attached hydrogen (secondary N) is 5. The molecule has 158 valence electrons. The number of hydrogen-bond donors (Lipinski definition) is 6. The number of anilines is 1. The molecule has 2 fully saturated rings. The molecular weight excluding hydrogens is 415 g/mol. The van der Waals surface area contributed by atoms with E-state index < -0.39 is 23.2 Å². The standard InChI is InChI=1S/C19H20ClFN6O3/c20-13-6-11(7-14(21)9-13)10-22-17(28)19(30)4-5-27(18(19)29)15-3-1-2-12(8-15)16-23-25-26-24-16/h1-3,6-9,16,23-26,30H,4-5,10H2,(H,22,28). The Morgan fingerprint density at radius 1 is 1.27 bits per heavy atom. The maximum atomic E-state index is 13.5. The average molecular weight is 435 g/mol. The molecule has 4 rings (SSSR count). The van der Waals surface area contributed by atoms with Gasteiger partial charge in [-0.25, -0.2) is 15.2 Å². The van der Waals surface area contributed by atoms with E-state index in [-0.39, 0.29) is 30.7 Å². The van der Waals surface area contributed by atoms with Gasteiger partial charge in [-0.1, -0.05) is 23.7 Å². The first-order valence-electron chi connectivity index (χ1n) is 9.25. The molecule has 2 aromatic carbocycles. The number of hydrogen-bond acceptors (Lipinski definition) is 7. The summed E-state index contributed by atoms with van der Waals surface area (Å²) in [4.78, 5) is 26.9. The zero-order valence-electron chi connectivity index (χ0n) is 15.7. The van der Waals surface area contributed by atoms with Gasteiger partial charge in [0, 0.05) is 30.2 Å². The largest absolute Gasteiger partial charge is 0.372 e. The van der Waals surface area contributed by atoms with E-state index in [1.54, 1.807) is 18.2 Å². The van der Waals surface area contributed by atoms with Crippen molar-refractivity contribution in [2.24, 2.45) is 0 Å². The van der Waals surface area contributed by atoms with Crippen LogP contribution in [0.25, 0.3) is 0 Å². The fourth-order valence-corrected chi connectivity index (χ4v) is 3.74. The average Bonchev–Trinajstić information content (AvgIpc) is 3.35. The number of carbonyl (C=O) groups is 2.